The summed E-state index contributed by atoms with van der Waals surface area (Å²) in [6.07, 6.45) is 10.2. The molecule has 1 saturated carbocycles. The Labute approximate surface area is 221 Å². The maximum atomic E-state index is 11.9. The van der Waals surface area contributed by atoms with Gasteiger partial charge in [0.25, 0.3) is 0 Å². The van der Waals surface area contributed by atoms with Crippen LogP contribution in [-0.4, -0.2) is 53.8 Å². The van der Waals surface area contributed by atoms with Crippen molar-refractivity contribution in [2.24, 2.45) is 5.92 Å². The zero-order valence-electron chi connectivity index (χ0n) is 22.5. The first-order valence-electron chi connectivity index (χ1n) is 14.4. The lowest BCUT2D eigenvalue weighted by Crippen LogP contribution is -2.35. The van der Waals surface area contributed by atoms with Crippen molar-refractivity contribution in [2.75, 3.05) is 38.1 Å². The van der Waals surface area contributed by atoms with Gasteiger partial charge < -0.3 is 19.5 Å². The number of aryl methyl sites for hydroxylation is 1. The Morgan fingerprint density at radius 2 is 1.81 bits per heavy atom. The van der Waals surface area contributed by atoms with Gasteiger partial charge in [-0.1, -0.05) is 37.5 Å². The molecule has 2 fully saturated rings. The zero-order chi connectivity index (χ0) is 25.5. The van der Waals surface area contributed by atoms with E-state index >= 15 is 0 Å². The van der Waals surface area contributed by atoms with Crippen molar-refractivity contribution in [3.05, 3.63) is 53.1 Å². The van der Waals surface area contributed by atoms with E-state index < -0.39 is 5.97 Å². The minimum atomic E-state index is -0.847. The summed E-state index contributed by atoms with van der Waals surface area (Å²) in [5.74, 6) is 0.466. The van der Waals surface area contributed by atoms with E-state index in [4.69, 9.17) is 0 Å². The minimum Gasteiger partial charge on any atom is -0.478 e. The molecule has 37 heavy (non-hydrogen) atoms. The summed E-state index contributed by atoms with van der Waals surface area (Å²) >= 11 is 0. The quantitative estimate of drug-likeness (QED) is 0.414. The summed E-state index contributed by atoms with van der Waals surface area (Å²) in [4.78, 5) is 17.0. The second-order valence-electron chi connectivity index (χ2n) is 11.9. The summed E-state index contributed by atoms with van der Waals surface area (Å²) < 4.78 is 2.47. The molecule has 3 aromatic rings. The fraction of sp³-hybridized carbons (Fsp3) is 0.531. The second kappa shape index (κ2) is 10.2. The van der Waals surface area contributed by atoms with E-state index in [9.17, 15) is 9.90 Å². The van der Waals surface area contributed by atoms with Gasteiger partial charge in [-0.25, -0.2) is 4.79 Å². The number of piperidine rings is 1. The third-order valence-corrected chi connectivity index (χ3v) is 9.24. The van der Waals surface area contributed by atoms with Crippen LogP contribution in [0.1, 0.15) is 78.8 Å². The maximum absolute atomic E-state index is 11.9. The molecule has 1 atom stereocenters. The monoisotopic (exact) mass is 499 g/mol. The molecule has 3 heterocycles. The van der Waals surface area contributed by atoms with Gasteiger partial charge in [-0.15, -0.1) is 0 Å². The van der Waals surface area contributed by atoms with Crippen molar-refractivity contribution >= 4 is 22.6 Å². The van der Waals surface area contributed by atoms with Crippen LogP contribution in [0.2, 0.25) is 0 Å². The summed E-state index contributed by atoms with van der Waals surface area (Å²) in [6.45, 7) is 7.57. The number of likely N-dealkylation sites (tertiary alicyclic amines) is 1. The Kier molecular flexibility index (Phi) is 6.74. The summed E-state index contributed by atoms with van der Waals surface area (Å²) in [6, 6.07) is 12.8. The molecular weight excluding hydrogens is 458 g/mol. The SMILES string of the molecule is Cc1ccc2c(c1)N(CCC1CCCN(C)C1)CCn1c-2c(C2CCCCC2)c2ccc(C(=O)O)cc21. The molecule has 1 aliphatic carbocycles. The van der Waals surface area contributed by atoms with Gasteiger partial charge in [0.2, 0.25) is 0 Å². The van der Waals surface area contributed by atoms with Gasteiger partial charge in [0.15, 0.2) is 0 Å². The fourth-order valence-electron chi connectivity index (χ4n) is 7.36. The molecule has 1 aromatic heterocycles. The lowest BCUT2D eigenvalue weighted by Gasteiger charge is -2.32. The van der Waals surface area contributed by atoms with E-state index in [1.54, 1.807) is 6.07 Å². The van der Waals surface area contributed by atoms with Gasteiger partial charge in [-0.2, -0.15) is 0 Å². The minimum absolute atomic E-state index is 0.384. The van der Waals surface area contributed by atoms with Crippen LogP contribution in [0.3, 0.4) is 0 Å². The molecular formula is C32H41N3O2. The number of aromatic carboxylic acids is 1. The molecule has 5 nitrogen and oxygen atoms in total. The Morgan fingerprint density at radius 1 is 0.973 bits per heavy atom. The van der Waals surface area contributed by atoms with Crippen LogP contribution in [-0.2, 0) is 6.54 Å². The summed E-state index contributed by atoms with van der Waals surface area (Å²) in [5.41, 5.74) is 8.29. The van der Waals surface area contributed by atoms with E-state index in [0.717, 1.165) is 31.1 Å². The predicted molar refractivity (Wildman–Crippen MR) is 152 cm³/mol. The molecule has 0 spiro atoms. The number of benzene rings is 2. The standard InChI is InChI=1S/C32H41N3O2/c1-22-10-12-27-28(19-22)34(16-14-23-7-6-15-33(2)21-23)17-18-35-29-20-25(32(36)37)11-13-26(29)30(31(27)35)24-8-4-3-5-9-24/h10-13,19-20,23-24H,3-9,14-18,21H2,1-2H3,(H,36,37). The van der Waals surface area contributed by atoms with Crippen LogP contribution in [0.15, 0.2) is 36.4 Å². The van der Waals surface area contributed by atoms with Crippen LogP contribution in [0.4, 0.5) is 5.69 Å². The van der Waals surface area contributed by atoms with Gasteiger partial charge >= 0.3 is 5.97 Å². The van der Waals surface area contributed by atoms with Gasteiger partial charge in [-0.3, -0.25) is 0 Å². The zero-order valence-corrected chi connectivity index (χ0v) is 22.5. The molecule has 1 saturated heterocycles. The van der Waals surface area contributed by atoms with E-state index in [0.29, 0.717) is 11.5 Å². The van der Waals surface area contributed by atoms with Crippen molar-refractivity contribution in [3.63, 3.8) is 0 Å². The third kappa shape index (κ3) is 4.67. The smallest absolute Gasteiger partial charge is 0.335 e. The predicted octanol–water partition coefficient (Wildman–Crippen LogP) is 6.91. The number of carbonyl (C=O) groups is 1. The van der Waals surface area contributed by atoms with Crippen LogP contribution < -0.4 is 4.90 Å². The van der Waals surface area contributed by atoms with Gasteiger partial charge in [0, 0.05) is 48.3 Å². The van der Waals surface area contributed by atoms with Crippen molar-refractivity contribution in [3.8, 4) is 11.3 Å². The fourth-order valence-corrected chi connectivity index (χ4v) is 7.36. The van der Waals surface area contributed by atoms with E-state index in [2.05, 4.69) is 52.6 Å². The Hall–Kier alpha value is -2.79. The number of hydrogen-bond acceptors (Lipinski definition) is 3. The third-order valence-electron chi connectivity index (χ3n) is 9.24. The summed E-state index contributed by atoms with van der Waals surface area (Å²) in [5, 5.41) is 11.0. The van der Waals surface area contributed by atoms with Crippen LogP contribution in [0.5, 0.6) is 0 Å². The highest BCUT2D eigenvalue weighted by molar-refractivity contribution is 5.99. The highest BCUT2D eigenvalue weighted by Gasteiger charge is 2.31. The van der Waals surface area contributed by atoms with Gasteiger partial charge in [0.1, 0.15) is 0 Å². The number of nitrogens with zero attached hydrogens (tertiary/aromatic N) is 3. The van der Waals surface area contributed by atoms with Crippen molar-refractivity contribution in [1.82, 2.24) is 9.47 Å². The lowest BCUT2D eigenvalue weighted by atomic mass is 9.81. The molecule has 1 unspecified atom stereocenters. The van der Waals surface area contributed by atoms with Gasteiger partial charge in [-0.05, 0) is 93.8 Å². The van der Waals surface area contributed by atoms with E-state index in [1.807, 2.05) is 6.07 Å². The van der Waals surface area contributed by atoms with Crippen molar-refractivity contribution < 1.29 is 9.90 Å². The molecule has 196 valence electrons. The topological polar surface area (TPSA) is 48.7 Å². The largest absolute Gasteiger partial charge is 0.478 e. The number of carboxylic acid groups (broad SMARTS) is 1. The molecule has 1 N–H and O–H groups in total. The Bertz CT molecular complexity index is 1300. The average Bonchev–Trinajstić information content (AvgIpc) is 3.13. The first-order chi connectivity index (χ1) is 18.0. The van der Waals surface area contributed by atoms with E-state index in [-0.39, 0.29) is 0 Å². The molecule has 6 rings (SSSR count). The van der Waals surface area contributed by atoms with Crippen LogP contribution in [0, 0.1) is 12.8 Å². The lowest BCUT2D eigenvalue weighted by molar-refractivity contribution is 0.0697. The Balaban J connectivity index is 1.46. The van der Waals surface area contributed by atoms with E-state index in [1.165, 1.54) is 97.9 Å². The summed E-state index contributed by atoms with van der Waals surface area (Å²) in [7, 11) is 2.26. The molecule has 0 bridgehead atoms. The molecule has 5 heteroatoms. The molecule has 2 aromatic carbocycles. The number of carboxylic acids is 1. The normalized spacial score (nSPS) is 21.0. The molecule has 0 radical (unpaired) electrons. The number of anilines is 1. The number of aromatic nitrogens is 1. The van der Waals surface area contributed by atoms with Crippen molar-refractivity contribution in [1.29, 1.82) is 0 Å². The number of rotatable bonds is 5. The average molecular weight is 500 g/mol. The van der Waals surface area contributed by atoms with Crippen LogP contribution >= 0.6 is 0 Å². The molecule has 2 aliphatic heterocycles. The molecule has 0 amide bonds. The highest BCUT2D eigenvalue weighted by atomic mass is 16.4. The van der Waals surface area contributed by atoms with Crippen LogP contribution in [0.25, 0.3) is 22.2 Å². The van der Waals surface area contributed by atoms with Gasteiger partial charge in [0.05, 0.1) is 11.3 Å². The first kappa shape index (κ1) is 24.5. The maximum Gasteiger partial charge on any atom is 0.335 e. The second-order valence-corrected chi connectivity index (χ2v) is 11.9. The molecule has 3 aliphatic rings. The Morgan fingerprint density at radius 3 is 2.59 bits per heavy atom. The highest BCUT2D eigenvalue weighted by Crippen LogP contribution is 2.47. The van der Waals surface area contributed by atoms with Crippen molar-refractivity contribution in [2.45, 2.75) is 70.8 Å². The number of fused-ring (bicyclic) bond motifs is 5. The first-order valence-corrected chi connectivity index (χ1v) is 14.4. The number of hydrogen-bond donors (Lipinski definition) is 1.